The van der Waals surface area contributed by atoms with Crippen molar-refractivity contribution in [2.24, 2.45) is 5.14 Å². The van der Waals surface area contributed by atoms with E-state index in [9.17, 15) is 13.2 Å². The maximum absolute atomic E-state index is 11.3. The first-order chi connectivity index (χ1) is 7.30. The molecule has 0 fully saturated rings. The molecule has 0 saturated heterocycles. The van der Waals surface area contributed by atoms with Crippen LogP contribution in [0.4, 0.5) is 0 Å². The molecule has 0 atom stereocenters. The summed E-state index contributed by atoms with van der Waals surface area (Å²) in [6, 6.07) is 0. The predicted molar refractivity (Wildman–Crippen MR) is 61.5 cm³/mol. The van der Waals surface area contributed by atoms with E-state index in [1.54, 1.807) is 13.0 Å². The van der Waals surface area contributed by atoms with Crippen molar-refractivity contribution in [1.29, 1.82) is 0 Å². The first-order valence-electron chi connectivity index (χ1n) is 4.70. The number of allylic oxidation sites excluding steroid dienone is 4. The van der Waals surface area contributed by atoms with Crippen LogP contribution in [0.3, 0.4) is 0 Å². The highest BCUT2D eigenvalue weighted by molar-refractivity contribution is 7.93. The number of primary sulfonamides is 1. The summed E-state index contributed by atoms with van der Waals surface area (Å²) in [5.74, 6) is -0.265. The average Bonchev–Trinajstić information content (AvgIpc) is 2.17. The van der Waals surface area contributed by atoms with Gasteiger partial charge < -0.3 is 5.32 Å². The van der Waals surface area contributed by atoms with Crippen LogP contribution < -0.4 is 10.5 Å². The molecule has 0 aromatic carbocycles. The Labute approximate surface area is 94.8 Å². The highest BCUT2D eigenvalue weighted by atomic mass is 32.2. The fourth-order valence-electron chi connectivity index (χ4n) is 1.21. The van der Waals surface area contributed by atoms with Gasteiger partial charge in [-0.25, -0.2) is 13.6 Å². The number of sulfonamides is 1. The van der Waals surface area contributed by atoms with Crippen molar-refractivity contribution in [2.45, 2.75) is 19.8 Å². The van der Waals surface area contributed by atoms with Crippen LogP contribution in [0, 0.1) is 0 Å². The molecule has 0 aromatic rings. The van der Waals surface area contributed by atoms with Gasteiger partial charge in [0.25, 0.3) is 0 Å². The number of hydrogen-bond acceptors (Lipinski definition) is 3. The Morgan fingerprint density at radius 1 is 1.44 bits per heavy atom. The van der Waals surface area contributed by atoms with Gasteiger partial charge in [-0.15, -0.1) is 0 Å². The summed E-state index contributed by atoms with van der Waals surface area (Å²) in [7, 11) is -3.61. The first-order valence-corrected chi connectivity index (χ1v) is 6.24. The number of nitrogens with two attached hydrogens (primary N) is 1. The van der Waals surface area contributed by atoms with Gasteiger partial charge in [0.2, 0.25) is 15.9 Å². The maximum Gasteiger partial charge on any atom is 0.250 e. The number of hydrogen-bond donors (Lipinski definition) is 2. The first kappa shape index (κ1) is 12.7. The Morgan fingerprint density at radius 2 is 2.06 bits per heavy atom. The molecule has 0 aliphatic heterocycles. The van der Waals surface area contributed by atoms with Gasteiger partial charge in [0.1, 0.15) is 0 Å². The summed E-state index contributed by atoms with van der Waals surface area (Å²) in [5, 5.41) is 7.61. The van der Waals surface area contributed by atoms with Crippen molar-refractivity contribution in [2.75, 3.05) is 0 Å². The lowest BCUT2D eigenvalue weighted by atomic mass is 10.1. The molecule has 1 aliphatic rings. The van der Waals surface area contributed by atoms with Crippen LogP contribution in [0.5, 0.6) is 0 Å². The van der Waals surface area contributed by atoms with Crippen LogP contribution >= 0.6 is 0 Å². The third kappa shape index (κ3) is 3.32. The van der Waals surface area contributed by atoms with Gasteiger partial charge in [0.05, 0.1) is 4.91 Å². The lowest BCUT2D eigenvalue weighted by molar-refractivity contribution is -0.116. The minimum absolute atomic E-state index is 0.181. The Hall–Kier alpha value is -1.40. The maximum atomic E-state index is 11.3. The van der Waals surface area contributed by atoms with E-state index in [1.165, 1.54) is 6.08 Å². The lowest BCUT2D eigenvalue weighted by Gasteiger charge is -2.14. The van der Waals surface area contributed by atoms with E-state index < -0.39 is 10.0 Å². The lowest BCUT2D eigenvalue weighted by Crippen LogP contribution is -2.25. The number of rotatable bonds is 3. The Bertz CT molecular complexity index is 486. The topological polar surface area (TPSA) is 89.3 Å². The highest BCUT2D eigenvalue weighted by Crippen LogP contribution is 2.19. The summed E-state index contributed by atoms with van der Waals surface area (Å²) in [6.07, 6.45) is 3.71. The molecule has 16 heavy (non-hydrogen) atoms. The largest absolute Gasteiger partial charge is 0.326 e. The van der Waals surface area contributed by atoms with Crippen molar-refractivity contribution in [1.82, 2.24) is 5.32 Å². The number of nitrogens with one attached hydrogen (secondary N) is 1. The van der Waals surface area contributed by atoms with Gasteiger partial charge in [-0.1, -0.05) is 6.58 Å². The fraction of sp³-hybridized carbons (Fsp3) is 0.300. The second kappa shape index (κ2) is 4.63. The van der Waals surface area contributed by atoms with Crippen LogP contribution in [-0.2, 0) is 14.8 Å². The fourth-order valence-corrected chi connectivity index (χ4v) is 1.86. The van der Waals surface area contributed by atoms with Crippen LogP contribution in [0.25, 0.3) is 0 Å². The summed E-state index contributed by atoms with van der Waals surface area (Å²) in [6.45, 7) is 5.11. The third-order valence-corrected chi connectivity index (χ3v) is 3.21. The van der Waals surface area contributed by atoms with Gasteiger partial charge in [0, 0.05) is 11.3 Å². The zero-order chi connectivity index (χ0) is 12.3. The molecule has 5 nitrogen and oxygen atoms in total. The third-order valence-electron chi connectivity index (χ3n) is 2.14. The SMILES string of the molecule is C=C(C)C(=O)NC1=CC=C(S(N)(=O)=O)CC1. The molecule has 1 rings (SSSR count). The zero-order valence-corrected chi connectivity index (χ0v) is 9.80. The van der Waals surface area contributed by atoms with E-state index in [1.807, 2.05) is 0 Å². The number of carbonyl (C=O) groups excluding carboxylic acids is 1. The molecule has 1 aliphatic carbocycles. The molecule has 0 radical (unpaired) electrons. The second-order valence-corrected chi connectivity index (χ2v) is 5.22. The summed E-state index contributed by atoms with van der Waals surface area (Å²) in [5.41, 5.74) is 1.07. The molecule has 3 N–H and O–H groups in total. The van der Waals surface area contributed by atoms with Crippen LogP contribution in [0.1, 0.15) is 19.8 Å². The summed E-state index contributed by atoms with van der Waals surface area (Å²) >= 11 is 0. The highest BCUT2D eigenvalue weighted by Gasteiger charge is 2.16. The van der Waals surface area contributed by atoms with Crippen molar-refractivity contribution >= 4 is 15.9 Å². The van der Waals surface area contributed by atoms with E-state index in [0.29, 0.717) is 24.1 Å². The van der Waals surface area contributed by atoms with E-state index >= 15 is 0 Å². The second-order valence-electron chi connectivity index (χ2n) is 3.60. The molecule has 0 bridgehead atoms. The molecular formula is C10H14N2O3S. The monoisotopic (exact) mass is 242 g/mol. The normalized spacial score (nSPS) is 16.1. The molecule has 0 spiro atoms. The molecule has 0 saturated carbocycles. The van der Waals surface area contributed by atoms with Crippen molar-refractivity contribution in [3.05, 3.63) is 34.9 Å². The minimum Gasteiger partial charge on any atom is -0.326 e. The quantitative estimate of drug-likeness (QED) is 0.707. The molecule has 88 valence electrons. The van der Waals surface area contributed by atoms with Crippen LogP contribution in [0.2, 0.25) is 0 Å². The van der Waals surface area contributed by atoms with Gasteiger partial charge in [0.15, 0.2) is 0 Å². The Kier molecular flexibility index (Phi) is 3.66. The average molecular weight is 242 g/mol. The van der Waals surface area contributed by atoms with E-state index in [2.05, 4.69) is 11.9 Å². The number of amides is 1. The van der Waals surface area contributed by atoms with E-state index in [-0.39, 0.29) is 10.8 Å². The van der Waals surface area contributed by atoms with Crippen LogP contribution in [0.15, 0.2) is 34.9 Å². The molecular weight excluding hydrogens is 228 g/mol. The number of carbonyl (C=O) groups is 1. The molecule has 0 heterocycles. The Morgan fingerprint density at radius 3 is 2.44 bits per heavy atom. The van der Waals surface area contributed by atoms with Gasteiger partial charge in [-0.3, -0.25) is 4.79 Å². The van der Waals surface area contributed by atoms with E-state index in [0.717, 1.165) is 0 Å². The Balaban J connectivity index is 2.76. The van der Waals surface area contributed by atoms with Gasteiger partial charge >= 0.3 is 0 Å². The molecule has 6 heteroatoms. The van der Waals surface area contributed by atoms with Gasteiger partial charge in [-0.05, 0) is 31.9 Å². The van der Waals surface area contributed by atoms with Crippen molar-refractivity contribution in [3.8, 4) is 0 Å². The molecule has 0 unspecified atom stereocenters. The van der Waals surface area contributed by atoms with Crippen LogP contribution in [-0.4, -0.2) is 14.3 Å². The minimum atomic E-state index is -3.61. The summed E-state index contributed by atoms with van der Waals surface area (Å²) < 4.78 is 22.0. The standard InChI is InChI=1S/C10H14N2O3S/c1-7(2)10(13)12-8-3-5-9(6-4-8)16(11,14)15/h3,5H,1,4,6H2,2H3,(H,12,13)(H2,11,14,15). The zero-order valence-electron chi connectivity index (χ0n) is 8.99. The smallest absolute Gasteiger partial charge is 0.250 e. The predicted octanol–water partition coefficient (Wildman–Crippen LogP) is 0.529. The molecule has 1 amide bonds. The van der Waals surface area contributed by atoms with Crippen molar-refractivity contribution < 1.29 is 13.2 Å². The van der Waals surface area contributed by atoms with Crippen molar-refractivity contribution in [3.63, 3.8) is 0 Å². The van der Waals surface area contributed by atoms with E-state index in [4.69, 9.17) is 5.14 Å². The molecule has 0 aromatic heterocycles. The van der Waals surface area contributed by atoms with Gasteiger partial charge in [-0.2, -0.15) is 0 Å². The summed E-state index contributed by atoms with van der Waals surface area (Å²) in [4.78, 5) is 11.5.